The van der Waals surface area contributed by atoms with Crippen LogP contribution in [0.5, 0.6) is 0 Å². The number of halogens is 1. The Morgan fingerprint density at radius 2 is 1.35 bits per heavy atom. The fourth-order valence-corrected chi connectivity index (χ4v) is 7.92. The minimum Gasteiger partial charge on any atom is -0.513 e. The third-order valence-electron chi connectivity index (χ3n) is 10.2. The zero-order valence-corrected chi connectivity index (χ0v) is 33.4. The maximum Gasteiger partial charge on any atom is 0.167 e. The number of aliphatic hydroxyl groups is 3. The van der Waals surface area contributed by atoms with Gasteiger partial charge in [-0.25, -0.2) is 4.39 Å². The van der Waals surface area contributed by atoms with Crippen molar-refractivity contribution in [3.63, 3.8) is 0 Å². The van der Waals surface area contributed by atoms with Crippen molar-refractivity contribution in [2.24, 2.45) is 23.7 Å². The van der Waals surface area contributed by atoms with Crippen molar-refractivity contribution >= 4 is 22.7 Å². The molecule has 0 heterocycles. The van der Waals surface area contributed by atoms with E-state index in [2.05, 4.69) is 20.4 Å². The molecule has 3 aromatic rings. The molecule has 5 nitrogen and oxygen atoms in total. The van der Waals surface area contributed by atoms with E-state index in [4.69, 9.17) is 0 Å². The van der Waals surface area contributed by atoms with Gasteiger partial charge in [0.05, 0.1) is 18.0 Å². The van der Waals surface area contributed by atoms with Gasteiger partial charge in [-0.1, -0.05) is 127 Å². The second-order valence-electron chi connectivity index (χ2n) is 15.3. The normalized spacial score (nSPS) is 16.4. The fourth-order valence-electron chi connectivity index (χ4n) is 7.92. The number of hydrogen-bond donors (Lipinski definition) is 3. The Morgan fingerprint density at radius 1 is 0.759 bits per heavy atom. The van der Waals surface area contributed by atoms with Crippen LogP contribution < -0.4 is 0 Å². The van der Waals surface area contributed by atoms with Gasteiger partial charge in [-0.3, -0.25) is 9.59 Å². The first kappa shape index (κ1) is 44.3. The van der Waals surface area contributed by atoms with Crippen molar-refractivity contribution in [3.8, 4) is 0 Å². The largest absolute Gasteiger partial charge is 0.513 e. The van der Waals surface area contributed by atoms with Crippen LogP contribution in [-0.2, 0) is 16.0 Å². The molecule has 0 saturated heterocycles. The maximum atomic E-state index is 14.4. The van der Waals surface area contributed by atoms with Crippen molar-refractivity contribution in [1.29, 1.82) is 0 Å². The van der Waals surface area contributed by atoms with Gasteiger partial charge in [-0.05, 0) is 95.4 Å². The average Bonchev–Trinajstić information content (AvgIpc) is 3.48. The monoisotopic (exact) mass is 738 g/mol. The molecule has 3 aromatic carbocycles. The molecule has 6 heteroatoms. The number of carbonyl (C=O) groups is 2. The molecule has 0 saturated carbocycles. The van der Waals surface area contributed by atoms with Gasteiger partial charge >= 0.3 is 0 Å². The van der Waals surface area contributed by atoms with Crippen LogP contribution >= 0.6 is 0 Å². The molecule has 0 aromatic heterocycles. The lowest BCUT2D eigenvalue weighted by molar-refractivity contribution is -0.120. The quantitative estimate of drug-likeness (QED) is 0.0946. The van der Waals surface area contributed by atoms with E-state index >= 15 is 0 Å². The average molecular weight is 739 g/mol. The van der Waals surface area contributed by atoms with Gasteiger partial charge in [-0.15, -0.1) is 0 Å². The zero-order chi connectivity index (χ0) is 39.8. The molecular formula is C48H63FO5. The summed E-state index contributed by atoms with van der Waals surface area (Å²) in [6, 6.07) is 26.3. The Hall–Kier alpha value is -4.13. The second kappa shape index (κ2) is 22.3. The predicted molar refractivity (Wildman–Crippen MR) is 220 cm³/mol. The lowest BCUT2D eigenvalue weighted by Gasteiger charge is -2.25. The van der Waals surface area contributed by atoms with Crippen LogP contribution in [0.1, 0.15) is 116 Å². The van der Waals surface area contributed by atoms with E-state index in [9.17, 15) is 29.3 Å². The molecule has 292 valence electrons. The van der Waals surface area contributed by atoms with Gasteiger partial charge in [0.1, 0.15) is 11.6 Å². The van der Waals surface area contributed by atoms with Crippen LogP contribution in [-0.4, -0.2) is 39.1 Å². The van der Waals surface area contributed by atoms with E-state index in [1.54, 1.807) is 12.1 Å². The summed E-state index contributed by atoms with van der Waals surface area (Å²) in [7, 11) is 0. The number of benzene rings is 3. The molecular weight excluding hydrogens is 676 g/mol. The molecule has 0 radical (unpaired) electrons. The molecule has 1 aliphatic rings. The molecule has 4 rings (SSSR count). The molecule has 5 atom stereocenters. The first-order valence-electron chi connectivity index (χ1n) is 20.0. The highest BCUT2D eigenvalue weighted by Gasteiger charge is 2.39. The van der Waals surface area contributed by atoms with Gasteiger partial charge in [-0.2, -0.15) is 0 Å². The Labute approximate surface area is 323 Å². The fraction of sp³-hybridized carbons (Fsp3) is 0.458. The number of rotatable bonds is 21. The molecule has 0 bridgehead atoms. The lowest BCUT2D eigenvalue weighted by Crippen LogP contribution is -2.18. The summed E-state index contributed by atoms with van der Waals surface area (Å²) < 4.78 is 14.2. The maximum absolute atomic E-state index is 14.4. The van der Waals surface area contributed by atoms with E-state index in [-0.39, 0.29) is 59.7 Å². The number of hydrogen-bond acceptors (Lipinski definition) is 5. The van der Waals surface area contributed by atoms with Gasteiger partial charge in [0.15, 0.2) is 5.78 Å². The van der Waals surface area contributed by atoms with Crippen molar-refractivity contribution < 1.29 is 29.3 Å². The molecule has 0 aliphatic heterocycles. The van der Waals surface area contributed by atoms with Crippen molar-refractivity contribution in [1.82, 2.24) is 0 Å². The summed E-state index contributed by atoms with van der Waals surface area (Å²) in [4.78, 5) is 27.3. The molecule has 54 heavy (non-hydrogen) atoms. The standard InChI is InChI=1S/C46H57FO5.C2H6/c1-30(2)43-41(24-23-39(50)27-32(4)26-38(49)18-12-13-31(3)25-40(51)28-33(5)48)44(36-19-21-37(47)22-20-36)45(35-16-10-7-11-17-35)46(43)42(52)29-34-14-8-6-9-15-34;1-2/h6-11,14-17,19-22,30-32,39-41,48,50-51H,5,12-13,18,23-29H2,1-4H3;1-2H3/t31-,32+,39-,40-,41?;/m1./s1. The predicted octanol–water partition coefficient (Wildman–Crippen LogP) is 11.3. The highest BCUT2D eigenvalue weighted by molar-refractivity contribution is 6.20. The minimum atomic E-state index is -0.630. The second-order valence-corrected chi connectivity index (χ2v) is 15.3. The summed E-state index contributed by atoms with van der Waals surface area (Å²) in [5.41, 5.74) is 6.40. The summed E-state index contributed by atoms with van der Waals surface area (Å²) in [5.74, 6) is 0.00474. The third-order valence-corrected chi connectivity index (χ3v) is 10.2. The topological polar surface area (TPSA) is 94.8 Å². The lowest BCUT2D eigenvalue weighted by atomic mass is 9.80. The molecule has 0 spiro atoms. The van der Waals surface area contributed by atoms with Gasteiger partial charge in [0.2, 0.25) is 0 Å². The molecule has 1 aliphatic carbocycles. The SMILES string of the molecule is C=C(O)C[C@H](O)C[C@H](C)CCCC(=O)C[C@H](C)C[C@H](O)CCC1C(c2ccc(F)cc2)=C(c2ccccc2)C(C(=O)Cc2ccccc2)=C1C(C)C.CC. The van der Waals surface area contributed by atoms with Crippen LogP contribution in [0, 0.1) is 29.5 Å². The molecule has 3 N–H and O–H groups in total. The number of aliphatic hydroxyl groups excluding tert-OH is 3. The Bertz CT molecular complexity index is 1690. The van der Waals surface area contributed by atoms with Crippen LogP contribution in [0.2, 0.25) is 0 Å². The highest BCUT2D eigenvalue weighted by atomic mass is 19.1. The van der Waals surface area contributed by atoms with Crippen molar-refractivity contribution in [2.45, 2.75) is 118 Å². The first-order valence-corrected chi connectivity index (χ1v) is 20.0. The minimum absolute atomic E-state index is 0.0102. The van der Waals surface area contributed by atoms with E-state index in [0.717, 1.165) is 51.8 Å². The summed E-state index contributed by atoms with van der Waals surface area (Å²) in [5, 5.41) is 30.7. The summed E-state index contributed by atoms with van der Waals surface area (Å²) in [6.07, 6.45) is 3.74. The summed E-state index contributed by atoms with van der Waals surface area (Å²) in [6.45, 7) is 15.7. The van der Waals surface area contributed by atoms with Crippen molar-refractivity contribution in [2.75, 3.05) is 0 Å². The first-order chi connectivity index (χ1) is 25.8. The Balaban J connectivity index is 0.00000385. The van der Waals surface area contributed by atoms with Crippen LogP contribution in [0.15, 0.2) is 108 Å². The van der Waals surface area contributed by atoms with Gasteiger partial charge < -0.3 is 15.3 Å². The molecule has 1 unspecified atom stereocenters. The number of Topliss-reactive ketones (excluding diaryl/α,β-unsaturated/α-hetero) is 2. The zero-order valence-electron chi connectivity index (χ0n) is 33.4. The van der Waals surface area contributed by atoms with E-state index in [0.29, 0.717) is 38.5 Å². The van der Waals surface area contributed by atoms with Crippen LogP contribution in [0.25, 0.3) is 11.1 Å². The van der Waals surface area contributed by atoms with E-state index in [1.807, 2.05) is 88.4 Å². The van der Waals surface area contributed by atoms with Gasteiger partial charge in [0.25, 0.3) is 0 Å². The number of carbonyl (C=O) groups excluding carboxylic acids is 2. The highest BCUT2D eigenvalue weighted by Crippen LogP contribution is 2.52. The van der Waals surface area contributed by atoms with Gasteiger partial charge in [0, 0.05) is 37.2 Å². The van der Waals surface area contributed by atoms with Crippen molar-refractivity contribution in [3.05, 3.63) is 131 Å². The summed E-state index contributed by atoms with van der Waals surface area (Å²) >= 11 is 0. The number of ketones is 2. The molecule has 0 amide bonds. The third kappa shape index (κ3) is 13.3. The van der Waals surface area contributed by atoms with Crippen LogP contribution in [0.3, 0.4) is 0 Å². The van der Waals surface area contributed by atoms with E-state index < -0.39 is 12.2 Å². The smallest absolute Gasteiger partial charge is 0.167 e. The van der Waals surface area contributed by atoms with Crippen LogP contribution in [0.4, 0.5) is 4.39 Å². The molecule has 0 fully saturated rings. The Morgan fingerprint density at radius 3 is 1.94 bits per heavy atom. The number of allylic oxidation sites excluding steroid dienone is 4. The van der Waals surface area contributed by atoms with E-state index in [1.165, 1.54) is 12.1 Å². The Kier molecular flexibility index (Phi) is 18.3.